The highest BCUT2D eigenvalue weighted by atomic mass is 32.2. The van der Waals surface area contributed by atoms with E-state index in [1.54, 1.807) is 12.1 Å². The van der Waals surface area contributed by atoms with Crippen LogP contribution in [0.25, 0.3) is 0 Å². The van der Waals surface area contributed by atoms with Gasteiger partial charge in [0.05, 0.1) is 24.2 Å². The number of halogens is 1. The average molecular weight is 406 g/mol. The minimum absolute atomic E-state index is 0.0856. The lowest BCUT2D eigenvalue weighted by Gasteiger charge is -2.20. The standard InChI is InChI=1S/C19H19FN2O5S/c1-28(24,25)26-12-16-11-22(19(23)27-16)15-6-7-18(17(20)8-15)21-9-13-4-2-3-5-14(13)10-21/h2-8,16H,9-12H2,1H3/t16-/m1/s1. The van der Waals surface area contributed by atoms with Crippen molar-refractivity contribution in [2.75, 3.05) is 29.2 Å². The van der Waals surface area contributed by atoms with Crippen LogP contribution >= 0.6 is 0 Å². The Hall–Kier alpha value is -2.65. The lowest BCUT2D eigenvalue weighted by Crippen LogP contribution is -2.26. The first-order chi connectivity index (χ1) is 13.3. The largest absolute Gasteiger partial charge is 0.441 e. The van der Waals surface area contributed by atoms with Crippen molar-refractivity contribution in [3.63, 3.8) is 0 Å². The minimum Gasteiger partial charge on any atom is -0.441 e. The van der Waals surface area contributed by atoms with E-state index in [2.05, 4.69) is 4.18 Å². The molecule has 7 nitrogen and oxygen atoms in total. The fraction of sp³-hybridized carbons (Fsp3) is 0.316. The fourth-order valence-corrected chi connectivity index (χ4v) is 3.84. The number of anilines is 2. The van der Waals surface area contributed by atoms with Crippen LogP contribution in [-0.4, -0.2) is 40.0 Å². The number of hydrogen-bond donors (Lipinski definition) is 0. The first-order valence-corrected chi connectivity index (χ1v) is 10.6. The number of cyclic esters (lactones) is 1. The van der Waals surface area contributed by atoms with E-state index in [0.29, 0.717) is 24.5 Å². The first kappa shape index (κ1) is 18.7. The maximum Gasteiger partial charge on any atom is 0.414 e. The lowest BCUT2D eigenvalue weighted by molar-refractivity contribution is 0.107. The third-order valence-corrected chi connectivity index (χ3v) is 5.33. The molecule has 0 unspecified atom stereocenters. The van der Waals surface area contributed by atoms with Crippen molar-refractivity contribution in [3.05, 3.63) is 59.4 Å². The van der Waals surface area contributed by atoms with E-state index in [-0.39, 0.29) is 13.2 Å². The van der Waals surface area contributed by atoms with Crippen LogP contribution < -0.4 is 9.80 Å². The summed E-state index contributed by atoms with van der Waals surface area (Å²) in [6.07, 6.45) is -0.479. The number of amides is 1. The molecule has 2 aliphatic rings. The first-order valence-electron chi connectivity index (χ1n) is 8.74. The van der Waals surface area contributed by atoms with Crippen LogP contribution in [0.3, 0.4) is 0 Å². The molecule has 1 saturated heterocycles. The zero-order valence-corrected chi connectivity index (χ0v) is 16.0. The van der Waals surface area contributed by atoms with Gasteiger partial charge in [-0.1, -0.05) is 24.3 Å². The maximum atomic E-state index is 14.8. The van der Waals surface area contributed by atoms with Crippen molar-refractivity contribution < 1.29 is 26.5 Å². The Kier molecular flexibility index (Phi) is 4.72. The number of hydrogen-bond acceptors (Lipinski definition) is 6. The lowest BCUT2D eigenvalue weighted by atomic mass is 10.1. The molecule has 2 aromatic rings. The van der Waals surface area contributed by atoms with Gasteiger partial charge >= 0.3 is 6.09 Å². The van der Waals surface area contributed by atoms with E-state index in [9.17, 15) is 17.6 Å². The number of carbonyl (C=O) groups is 1. The van der Waals surface area contributed by atoms with Crippen molar-refractivity contribution >= 4 is 27.6 Å². The number of fused-ring (bicyclic) bond motifs is 1. The molecular weight excluding hydrogens is 387 g/mol. The monoisotopic (exact) mass is 406 g/mol. The molecule has 1 atom stereocenters. The predicted molar refractivity (Wildman–Crippen MR) is 101 cm³/mol. The molecule has 0 aliphatic carbocycles. The topological polar surface area (TPSA) is 76.2 Å². The van der Waals surface area contributed by atoms with Gasteiger partial charge in [-0.25, -0.2) is 9.18 Å². The molecule has 4 rings (SSSR count). The van der Waals surface area contributed by atoms with E-state index in [0.717, 1.165) is 6.26 Å². The summed E-state index contributed by atoms with van der Waals surface area (Å²) in [4.78, 5) is 15.3. The van der Waals surface area contributed by atoms with E-state index in [1.165, 1.54) is 22.1 Å². The number of benzene rings is 2. The van der Waals surface area contributed by atoms with Gasteiger partial charge in [0, 0.05) is 13.1 Å². The summed E-state index contributed by atoms with van der Waals surface area (Å²) in [6, 6.07) is 12.6. The smallest absolute Gasteiger partial charge is 0.414 e. The quantitative estimate of drug-likeness (QED) is 0.711. The van der Waals surface area contributed by atoms with E-state index < -0.39 is 28.1 Å². The molecule has 1 amide bonds. The van der Waals surface area contributed by atoms with Gasteiger partial charge in [-0.15, -0.1) is 0 Å². The Morgan fingerprint density at radius 1 is 1.18 bits per heavy atom. The molecule has 0 N–H and O–H groups in total. The van der Waals surface area contributed by atoms with Gasteiger partial charge in [0.1, 0.15) is 18.5 Å². The zero-order chi connectivity index (χ0) is 19.9. The molecule has 0 saturated carbocycles. The second kappa shape index (κ2) is 7.06. The van der Waals surface area contributed by atoms with Crippen molar-refractivity contribution in [1.29, 1.82) is 0 Å². The third-order valence-electron chi connectivity index (χ3n) is 4.77. The van der Waals surface area contributed by atoms with Crippen LogP contribution in [0.2, 0.25) is 0 Å². The highest BCUT2D eigenvalue weighted by Gasteiger charge is 2.34. The number of nitrogens with zero attached hydrogens (tertiary/aromatic N) is 2. The van der Waals surface area contributed by atoms with Gasteiger partial charge in [-0.05, 0) is 29.3 Å². The highest BCUT2D eigenvalue weighted by molar-refractivity contribution is 7.85. The average Bonchev–Trinajstić information content (AvgIpc) is 3.22. The van der Waals surface area contributed by atoms with E-state index in [4.69, 9.17) is 4.74 Å². The van der Waals surface area contributed by atoms with Gasteiger partial charge in [-0.3, -0.25) is 9.08 Å². The Morgan fingerprint density at radius 3 is 2.46 bits per heavy atom. The SMILES string of the molecule is CS(=O)(=O)OC[C@H]1CN(c2ccc(N3Cc4ccccc4C3)c(F)c2)C(=O)O1. The summed E-state index contributed by atoms with van der Waals surface area (Å²) in [6.45, 7) is 1.07. The Balaban J connectivity index is 1.47. The number of ether oxygens (including phenoxy) is 1. The number of carbonyl (C=O) groups excluding carboxylic acids is 1. The zero-order valence-electron chi connectivity index (χ0n) is 15.2. The second-order valence-corrected chi connectivity index (χ2v) is 8.51. The molecule has 28 heavy (non-hydrogen) atoms. The Morgan fingerprint density at radius 2 is 1.86 bits per heavy atom. The van der Waals surface area contributed by atoms with Crippen LogP contribution in [0.1, 0.15) is 11.1 Å². The second-order valence-electron chi connectivity index (χ2n) is 6.87. The summed E-state index contributed by atoms with van der Waals surface area (Å²) < 4.78 is 46.7. The van der Waals surface area contributed by atoms with Gasteiger partial charge in [0.15, 0.2) is 0 Å². The van der Waals surface area contributed by atoms with Crippen molar-refractivity contribution in [1.82, 2.24) is 0 Å². The molecule has 9 heteroatoms. The molecular formula is C19H19FN2O5S. The summed E-state index contributed by atoms with van der Waals surface area (Å²) >= 11 is 0. The molecule has 0 aromatic heterocycles. The van der Waals surface area contributed by atoms with Gasteiger partial charge < -0.3 is 9.64 Å². The molecule has 2 aromatic carbocycles. The molecule has 1 fully saturated rings. The van der Waals surface area contributed by atoms with Crippen molar-refractivity contribution in [2.24, 2.45) is 0 Å². The van der Waals surface area contributed by atoms with Gasteiger partial charge in [0.25, 0.3) is 10.1 Å². The van der Waals surface area contributed by atoms with Crippen LogP contribution in [0.5, 0.6) is 0 Å². The predicted octanol–water partition coefficient (Wildman–Crippen LogP) is 2.65. The third kappa shape index (κ3) is 3.81. The molecule has 2 heterocycles. The molecule has 0 spiro atoms. The highest BCUT2D eigenvalue weighted by Crippen LogP contribution is 2.33. The van der Waals surface area contributed by atoms with Gasteiger partial charge in [0.2, 0.25) is 0 Å². The van der Waals surface area contributed by atoms with Crippen molar-refractivity contribution in [2.45, 2.75) is 19.2 Å². The van der Waals surface area contributed by atoms with Crippen LogP contribution in [0.15, 0.2) is 42.5 Å². The summed E-state index contributed by atoms with van der Waals surface area (Å²) in [5.74, 6) is -0.436. The summed E-state index contributed by atoms with van der Waals surface area (Å²) in [5.41, 5.74) is 3.15. The molecule has 148 valence electrons. The maximum absolute atomic E-state index is 14.8. The normalized spacial score (nSPS) is 19.1. The molecule has 0 radical (unpaired) electrons. The minimum atomic E-state index is -3.63. The number of rotatable bonds is 5. The van der Waals surface area contributed by atoms with Crippen LogP contribution in [0.4, 0.5) is 20.6 Å². The van der Waals surface area contributed by atoms with E-state index in [1.807, 2.05) is 29.2 Å². The Labute approximate surface area is 162 Å². The fourth-order valence-electron chi connectivity index (χ4n) is 3.44. The Bertz CT molecular complexity index is 1000. The van der Waals surface area contributed by atoms with Crippen LogP contribution in [-0.2, 0) is 32.1 Å². The molecule has 2 aliphatic heterocycles. The molecule has 0 bridgehead atoms. The van der Waals surface area contributed by atoms with Gasteiger partial charge in [-0.2, -0.15) is 8.42 Å². The van der Waals surface area contributed by atoms with Crippen molar-refractivity contribution in [3.8, 4) is 0 Å². The van der Waals surface area contributed by atoms with E-state index >= 15 is 0 Å². The summed E-state index contributed by atoms with van der Waals surface area (Å²) in [7, 11) is -3.63. The van der Waals surface area contributed by atoms with Crippen LogP contribution in [0, 0.1) is 5.82 Å². The summed E-state index contributed by atoms with van der Waals surface area (Å²) in [5, 5.41) is 0.